The second-order valence-corrected chi connectivity index (χ2v) is 23.4. The zero-order valence-electron chi connectivity index (χ0n) is 35.4. The second-order valence-electron chi connectivity index (χ2n) is 18.6. The van der Waals surface area contributed by atoms with Crippen LogP contribution in [0.1, 0.15) is 208 Å². The molecule has 0 spiro atoms. The molecule has 0 aliphatic carbocycles. The smallest absolute Gasteiger partial charge is 0.329 e. The Morgan fingerprint density at radius 3 is 1.85 bits per heavy atom. The molecule has 52 heavy (non-hydrogen) atoms. The molecule has 7 nitrogen and oxygen atoms in total. The third-order valence-corrected chi connectivity index (χ3v) is 17.0. The monoisotopic (exact) mass is 750 g/mol. The van der Waals surface area contributed by atoms with Crippen molar-refractivity contribution >= 4 is 20.2 Å². The van der Waals surface area contributed by atoms with Crippen LogP contribution in [0.25, 0.3) is 0 Å². The van der Waals surface area contributed by atoms with E-state index in [9.17, 15) is 9.59 Å². The predicted octanol–water partition coefficient (Wildman–Crippen LogP) is 12.2. The number of unbranched alkanes of at least 4 members (excludes halogenated alkanes) is 1. The van der Waals surface area contributed by atoms with Crippen molar-refractivity contribution < 1.29 is 28.2 Å². The Kier molecular flexibility index (Phi) is 20.3. The lowest BCUT2D eigenvalue weighted by atomic mass is 9.97. The highest BCUT2D eigenvalue weighted by Crippen LogP contribution is 2.41. The van der Waals surface area contributed by atoms with Crippen molar-refractivity contribution in [1.29, 1.82) is 0 Å². The first kappa shape index (κ1) is 45.4. The van der Waals surface area contributed by atoms with E-state index in [0.29, 0.717) is 13.0 Å². The predicted molar refractivity (Wildman–Crippen MR) is 217 cm³/mol. The summed E-state index contributed by atoms with van der Waals surface area (Å²) in [6, 6.07) is -0.381. The summed E-state index contributed by atoms with van der Waals surface area (Å²) in [4.78, 5) is 28.3. The van der Waals surface area contributed by atoms with Crippen molar-refractivity contribution in [2.45, 2.75) is 263 Å². The van der Waals surface area contributed by atoms with Gasteiger partial charge in [-0.25, -0.2) is 4.79 Å². The Morgan fingerprint density at radius 1 is 0.731 bits per heavy atom. The fourth-order valence-corrected chi connectivity index (χ4v) is 9.64. The first-order chi connectivity index (χ1) is 24.7. The number of carbonyl (C=O) groups is 2. The van der Waals surface area contributed by atoms with Gasteiger partial charge >= 0.3 is 5.97 Å². The minimum absolute atomic E-state index is 0.00810. The van der Waals surface area contributed by atoms with E-state index in [-0.39, 0.29) is 47.4 Å². The zero-order valence-corrected chi connectivity index (χ0v) is 36.4. The van der Waals surface area contributed by atoms with Gasteiger partial charge in [0.25, 0.3) is 0 Å². The number of amides is 1. The van der Waals surface area contributed by atoms with Gasteiger partial charge in [-0.15, -0.1) is 0 Å². The van der Waals surface area contributed by atoms with Crippen molar-refractivity contribution in [1.82, 2.24) is 4.90 Å². The first-order valence-corrected chi connectivity index (χ1v) is 25.2. The molecular formula is C44H83NO6Si. The van der Waals surface area contributed by atoms with Gasteiger partial charge < -0.3 is 23.5 Å². The quantitative estimate of drug-likeness (QED) is 0.206. The van der Waals surface area contributed by atoms with Crippen LogP contribution in [-0.4, -0.2) is 67.9 Å². The van der Waals surface area contributed by atoms with E-state index in [1.54, 1.807) is 0 Å². The Hall–Kier alpha value is -0.963. The number of hydrogen-bond acceptors (Lipinski definition) is 6. The van der Waals surface area contributed by atoms with Crippen molar-refractivity contribution in [2.24, 2.45) is 0 Å². The molecule has 3 rings (SSSR count). The SMILES string of the molecule is CCCC[C@H]1CCCCCCCCC[C@H](O[Si](C)(C)C(C)(C)C)[C@@H]2OC(C)(C)O[C@H]2CCCCCCCCCCCCC(=O)N2CCC[C@H]2C(=O)O1. The molecule has 304 valence electrons. The van der Waals surface area contributed by atoms with Crippen molar-refractivity contribution in [2.75, 3.05) is 6.54 Å². The van der Waals surface area contributed by atoms with Crippen LogP contribution >= 0.6 is 0 Å². The first-order valence-electron chi connectivity index (χ1n) is 22.3. The molecule has 0 saturated carbocycles. The molecule has 0 unspecified atom stereocenters. The fourth-order valence-electron chi connectivity index (χ4n) is 8.27. The Labute approximate surface area is 321 Å². The van der Waals surface area contributed by atoms with Crippen LogP contribution in [0.3, 0.4) is 0 Å². The molecule has 3 heterocycles. The highest BCUT2D eigenvalue weighted by atomic mass is 28.4. The molecule has 0 aromatic carbocycles. The third-order valence-electron chi connectivity index (χ3n) is 12.5. The van der Waals surface area contributed by atoms with Crippen LogP contribution < -0.4 is 0 Å². The maximum Gasteiger partial charge on any atom is 0.329 e. The van der Waals surface area contributed by atoms with Crippen molar-refractivity contribution in [3.63, 3.8) is 0 Å². The van der Waals surface area contributed by atoms with Gasteiger partial charge in [-0.05, 0) is 83.3 Å². The summed E-state index contributed by atoms with van der Waals surface area (Å²) in [6.07, 6.45) is 28.8. The molecule has 1 amide bonds. The number of nitrogens with zero attached hydrogens (tertiary/aromatic N) is 1. The Morgan fingerprint density at radius 2 is 1.27 bits per heavy atom. The number of hydrogen-bond donors (Lipinski definition) is 0. The zero-order chi connectivity index (χ0) is 38.0. The van der Waals surface area contributed by atoms with Crippen molar-refractivity contribution in [3.8, 4) is 0 Å². The van der Waals surface area contributed by atoms with Gasteiger partial charge in [0.1, 0.15) is 18.2 Å². The van der Waals surface area contributed by atoms with E-state index >= 15 is 0 Å². The van der Waals surface area contributed by atoms with E-state index in [1.165, 1.54) is 83.5 Å². The lowest BCUT2D eigenvalue weighted by Gasteiger charge is -2.41. The maximum absolute atomic E-state index is 13.4. The van der Waals surface area contributed by atoms with E-state index in [1.807, 2.05) is 4.90 Å². The molecule has 0 aromatic heterocycles. The van der Waals surface area contributed by atoms with Crippen LogP contribution in [0.4, 0.5) is 0 Å². The second kappa shape index (κ2) is 23.2. The topological polar surface area (TPSA) is 74.3 Å². The average Bonchev–Trinajstić information content (AvgIpc) is 3.69. The van der Waals surface area contributed by atoms with E-state index < -0.39 is 14.1 Å². The van der Waals surface area contributed by atoms with E-state index in [2.05, 4.69) is 54.6 Å². The van der Waals surface area contributed by atoms with Crippen LogP contribution in [0.5, 0.6) is 0 Å². The molecule has 3 fully saturated rings. The summed E-state index contributed by atoms with van der Waals surface area (Å²) in [7, 11) is -1.99. The van der Waals surface area contributed by atoms with E-state index in [4.69, 9.17) is 18.6 Å². The molecule has 3 aliphatic rings. The minimum Gasteiger partial charge on any atom is -0.461 e. The molecule has 3 aliphatic heterocycles. The normalized spacial score (nSPS) is 29.9. The third kappa shape index (κ3) is 16.0. The van der Waals surface area contributed by atoms with Gasteiger partial charge in [-0.1, -0.05) is 137 Å². The van der Waals surface area contributed by atoms with Gasteiger partial charge in [0, 0.05) is 13.0 Å². The number of rotatable bonds is 5. The minimum atomic E-state index is -1.99. The Bertz CT molecular complexity index is 1010. The highest BCUT2D eigenvalue weighted by Gasteiger charge is 2.48. The molecule has 0 radical (unpaired) electrons. The number of fused-ring (bicyclic) bond motifs is 2. The molecule has 8 heteroatoms. The average molecular weight is 750 g/mol. The van der Waals surface area contributed by atoms with Crippen LogP contribution in [0.2, 0.25) is 18.1 Å². The molecule has 0 N–H and O–H groups in total. The van der Waals surface area contributed by atoms with Crippen LogP contribution in [-0.2, 0) is 28.2 Å². The standard InChI is InChI=1S/C44H83NO6Si/c1-9-10-29-36-30-24-20-16-15-18-22-26-33-39(51-52(7,8)43(2,3)4)41-38(49-44(5,6)50-41)32-25-21-17-13-11-12-14-19-23-27-34-40(46)45-35-28-31-37(45)42(47)48-36/h36-39,41H,9-35H2,1-8H3/t36-,37-,38-,39-,41+/m0/s1. The number of esters is 1. The lowest BCUT2D eigenvalue weighted by Crippen LogP contribution is -2.49. The lowest BCUT2D eigenvalue weighted by molar-refractivity contribution is -0.158. The van der Waals surface area contributed by atoms with Gasteiger partial charge in [0.2, 0.25) is 5.91 Å². The molecule has 3 saturated heterocycles. The van der Waals surface area contributed by atoms with Gasteiger partial charge in [-0.2, -0.15) is 0 Å². The number of ether oxygens (including phenoxy) is 3. The van der Waals surface area contributed by atoms with E-state index in [0.717, 1.165) is 77.0 Å². The summed E-state index contributed by atoms with van der Waals surface area (Å²) in [5.74, 6) is -0.584. The highest BCUT2D eigenvalue weighted by molar-refractivity contribution is 6.74. The summed E-state index contributed by atoms with van der Waals surface area (Å²) in [6.45, 7) is 18.8. The maximum atomic E-state index is 13.4. The van der Waals surface area contributed by atoms with Crippen LogP contribution in [0, 0.1) is 0 Å². The summed E-state index contributed by atoms with van der Waals surface area (Å²) in [5, 5.41) is 0.148. The summed E-state index contributed by atoms with van der Waals surface area (Å²) in [5.41, 5.74) is 0. The summed E-state index contributed by atoms with van der Waals surface area (Å²) >= 11 is 0. The molecule has 5 atom stereocenters. The van der Waals surface area contributed by atoms with Crippen LogP contribution in [0.15, 0.2) is 0 Å². The fraction of sp³-hybridized carbons (Fsp3) is 0.955. The molecular weight excluding hydrogens is 667 g/mol. The van der Waals surface area contributed by atoms with Crippen molar-refractivity contribution in [3.05, 3.63) is 0 Å². The number of cyclic esters (lactones) is 1. The largest absolute Gasteiger partial charge is 0.461 e. The molecule has 0 aromatic rings. The number of carbonyl (C=O) groups excluding carboxylic acids is 2. The van der Waals surface area contributed by atoms with Gasteiger partial charge in [0.05, 0.1) is 12.2 Å². The molecule has 0 bridgehead atoms. The van der Waals surface area contributed by atoms with Gasteiger partial charge in [0.15, 0.2) is 14.1 Å². The Balaban J connectivity index is 1.60. The van der Waals surface area contributed by atoms with Gasteiger partial charge in [-0.3, -0.25) is 4.79 Å². The summed E-state index contributed by atoms with van der Waals surface area (Å²) < 4.78 is 26.6.